The van der Waals surface area contributed by atoms with Gasteiger partial charge >= 0.3 is 0 Å². The first-order chi connectivity index (χ1) is 8.22. The lowest BCUT2D eigenvalue weighted by atomic mass is 10.0. The van der Waals surface area contributed by atoms with Crippen LogP contribution in [0.3, 0.4) is 0 Å². The van der Waals surface area contributed by atoms with Crippen molar-refractivity contribution < 1.29 is 4.74 Å². The molecule has 0 radical (unpaired) electrons. The zero-order chi connectivity index (χ0) is 12.3. The third-order valence-electron chi connectivity index (χ3n) is 3.18. The van der Waals surface area contributed by atoms with E-state index in [-0.39, 0.29) is 0 Å². The Morgan fingerprint density at radius 3 is 3.18 bits per heavy atom. The number of aryl methyl sites for hydroxylation is 1. The topological polar surface area (TPSA) is 54.1 Å². The average Bonchev–Trinajstić information content (AvgIpc) is 2.71. The van der Waals surface area contributed by atoms with Crippen molar-refractivity contribution in [2.24, 2.45) is 13.0 Å². The second kappa shape index (κ2) is 5.19. The van der Waals surface area contributed by atoms with Crippen LogP contribution in [-0.2, 0) is 11.8 Å². The van der Waals surface area contributed by atoms with Gasteiger partial charge in [0, 0.05) is 27.2 Å². The van der Waals surface area contributed by atoms with E-state index >= 15 is 0 Å². The smallest absolute Gasteiger partial charge is 0.144 e. The number of hydrogen-bond donors (Lipinski definition) is 0. The van der Waals surface area contributed by atoms with E-state index in [0.29, 0.717) is 11.5 Å². The summed E-state index contributed by atoms with van der Waals surface area (Å²) in [5.41, 5.74) is 0.631. The lowest BCUT2D eigenvalue weighted by molar-refractivity contribution is 0.0575. The molecule has 1 aliphatic rings. The second-order valence-electron chi connectivity index (χ2n) is 4.58. The fraction of sp³-hybridized carbons (Fsp3) is 0.667. The van der Waals surface area contributed by atoms with E-state index in [1.807, 2.05) is 14.1 Å². The van der Waals surface area contributed by atoms with Crippen molar-refractivity contribution in [1.29, 1.82) is 5.26 Å². The SMILES string of the molecule is CN(CC1CCCOC1)c1c(C#N)cnn1C. The van der Waals surface area contributed by atoms with Crippen molar-refractivity contribution >= 4 is 5.82 Å². The Hall–Kier alpha value is -1.54. The van der Waals surface area contributed by atoms with E-state index in [0.717, 1.165) is 32.0 Å². The molecule has 1 atom stereocenters. The highest BCUT2D eigenvalue weighted by Gasteiger charge is 2.19. The molecule has 5 nitrogen and oxygen atoms in total. The summed E-state index contributed by atoms with van der Waals surface area (Å²) in [4.78, 5) is 2.10. The third kappa shape index (κ3) is 2.59. The van der Waals surface area contributed by atoms with Gasteiger partial charge in [-0.25, -0.2) is 0 Å². The minimum absolute atomic E-state index is 0.551. The van der Waals surface area contributed by atoms with Gasteiger partial charge in [-0.05, 0) is 18.8 Å². The number of nitriles is 1. The highest BCUT2D eigenvalue weighted by molar-refractivity contribution is 5.53. The van der Waals surface area contributed by atoms with Crippen LogP contribution >= 0.6 is 0 Å². The maximum absolute atomic E-state index is 9.03. The van der Waals surface area contributed by atoms with Gasteiger partial charge in [0.05, 0.1) is 12.8 Å². The molecule has 1 aromatic heterocycles. The zero-order valence-corrected chi connectivity index (χ0v) is 10.4. The molecule has 0 spiro atoms. The number of hydrogen-bond acceptors (Lipinski definition) is 4. The number of ether oxygens (including phenoxy) is 1. The van der Waals surface area contributed by atoms with Crippen molar-refractivity contribution in [2.45, 2.75) is 12.8 Å². The molecule has 0 bridgehead atoms. The number of rotatable bonds is 3. The molecule has 92 valence electrons. The lowest BCUT2D eigenvalue weighted by Gasteiger charge is -2.28. The van der Waals surface area contributed by atoms with Crippen molar-refractivity contribution in [2.75, 3.05) is 31.7 Å². The van der Waals surface area contributed by atoms with Crippen LogP contribution in [0.25, 0.3) is 0 Å². The Morgan fingerprint density at radius 1 is 1.71 bits per heavy atom. The van der Waals surface area contributed by atoms with E-state index in [9.17, 15) is 0 Å². The molecule has 1 aliphatic heterocycles. The fourth-order valence-electron chi connectivity index (χ4n) is 2.39. The summed E-state index contributed by atoms with van der Waals surface area (Å²) in [6, 6.07) is 2.18. The minimum atomic E-state index is 0.551. The molecule has 5 heteroatoms. The summed E-state index contributed by atoms with van der Waals surface area (Å²) in [6.07, 6.45) is 3.95. The molecule has 2 rings (SSSR count). The molecule has 0 saturated carbocycles. The normalized spacial score (nSPS) is 19.9. The maximum atomic E-state index is 9.03. The van der Waals surface area contributed by atoms with Gasteiger partial charge in [-0.2, -0.15) is 10.4 Å². The molecule has 1 saturated heterocycles. The third-order valence-corrected chi connectivity index (χ3v) is 3.18. The van der Waals surface area contributed by atoms with Gasteiger partial charge in [0.15, 0.2) is 0 Å². The largest absolute Gasteiger partial charge is 0.381 e. The van der Waals surface area contributed by atoms with Gasteiger partial charge in [-0.3, -0.25) is 4.68 Å². The Labute approximate surface area is 102 Å². The predicted molar refractivity (Wildman–Crippen MR) is 64.7 cm³/mol. The lowest BCUT2D eigenvalue weighted by Crippen LogP contribution is -2.32. The first-order valence-corrected chi connectivity index (χ1v) is 5.93. The number of anilines is 1. The molecule has 1 aromatic rings. The van der Waals surface area contributed by atoms with Gasteiger partial charge in [0.1, 0.15) is 17.5 Å². The van der Waals surface area contributed by atoms with Crippen LogP contribution in [0, 0.1) is 17.2 Å². The van der Waals surface area contributed by atoms with Crippen LogP contribution in [0.15, 0.2) is 6.20 Å². The Kier molecular flexibility index (Phi) is 3.64. The second-order valence-corrected chi connectivity index (χ2v) is 4.58. The van der Waals surface area contributed by atoms with Gasteiger partial charge in [-0.1, -0.05) is 0 Å². The summed E-state index contributed by atoms with van der Waals surface area (Å²) in [7, 11) is 3.87. The summed E-state index contributed by atoms with van der Waals surface area (Å²) in [6.45, 7) is 2.62. The highest BCUT2D eigenvalue weighted by atomic mass is 16.5. The molecule has 2 heterocycles. The molecule has 1 unspecified atom stereocenters. The monoisotopic (exact) mass is 234 g/mol. The molecule has 0 aliphatic carbocycles. The molecular formula is C12H18N4O. The molecule has 17 heavy (non-hydrogen) atoms. The minimum Gasteiger partial charge on any atom is -0.381 e. The van der Waals surface area contributed by atoms with Crippen LogP contribution < -0.4 is 4.90 Å². The van der Waals surface area contributed by atoms with Gasteiger partial charge < -0.3 is 9.64 Å². The van der Waals surface area contributed by atoms with E-state index in [4.69, 9.17) is 10.00 Å². The quantitative estimate of drug-likeness (QED) is 0.787. The summed E-state index contributed by atoms with van der Waals surface area (Å²) in [5.74, 6) is 1.44. The van der Waals surface area contributed by atoms with Crippen LogP contribution in [0.2, 0.25) is 0 Å². The van der Waals surface area contributed by atoms with Crippen molar-refractivity contribution in [3.05, 3.63) is 11.8 Å². The standard InChI is InChI=1S/C12H18N4O/c1-15(8-10-4-3-5-17-9-10)12-11(6-13)7-14-16(12)2/h7,10H,3-5,8-9H2,1-2H3. The van der Waals surface area contributed by atoms with Crippen LogP contribution in [0.5, 0.6) is 0 Å². The van der Waals surface area contributed by atoms with Crippen LogP contribution in [0.1, 0.15) is 18.4 Å². The Balaban J connectivity index is 2.05. The Morgan fingerprint density at radius 2 is 2.53 bits per heavy atom. The molecule has 0 N–H and O–H groups in total. The fourth-order valence-corrected chi connectivity index (χ4v) is 2.39. The Bertz CT molecular complexity index is 415. The highest BCUT2D eigenvalue weighted by Crippen LogP contribution is 2.21. The first-order valence-electron chi connectivity index (χ1n) is 5.93. The predicted octanol–water partition coefficient (Wildman–Crippen LogP) is 1.15. The van der Waals surface area contributed by atoms with Crippen molar-refractivity contribution in [3.8, 4) is 6.07 Å². The molecule has 0 aromatic carbocycles. The number of nitrogens with zero attached hydrogens (tertiary/aromatic N) is 4. The van der Waals surface area contributed by atoms with E-state index < -0.39 is 0 Å². The molecular weight excluding hydrogens is 216 g/mol. The average molecular weight is 234 g/mol. The van der Waals surface area contributed by atoms with Gasteiger partial charge in [-0.15, -0.1) is 0 Å². The molecule has 0 amide bonds. The van der Waals surface area contributed by atoms with Gasteiger partial charge in [0.2, 0.25) is 0 Å². The van der Waals surface area contributed by atoms with Crippen molar-refractivity contribution in [1.82, 2.24) is 9.78 Å². The van der Waals surface area contributed by atoms with Crippen LogP contribution in [0.4, 0.5) is 5.82 Å². The maximum Gasteiger partial charge on any atom is 0.144 e. The van der Waals surface area contributed by atoms with E-state index in [1.54, 1.807) is 10.9 Å². The first kappa shape index (κ1) is 11.9. The van der Waals surface area contributed by atoms with Crippen LogP contribution in [-0.4, -0.2) is 36.6 Å². The summed E-state index contributed by atoms with van der Waals surface area (Å²) >= 11 is 0. The zero-order valence-electron chi connectivity index (χ0n) is 10.4. The van der Waals surface area contributed by atoms with Gasteiger partial charge in [0.25, 0.3) is 0 Å². The number of aromatic nitrogens is 2. The van der Waals surface area contributed by atoms with E-state index in [2.05, 4.69) is 16.1 Å². The summed E-state index contributed by atoms with van der Waals surface area (Å²) in [5, 5.41) is 13.2. The van der Waals surface area contributed by atoms with E-state index in [1.165, 1.54) is 6.42 Å². The summed E-state index contributed by atoms with van der Waals surface area (Å²) < 4.78 is 7.23. The molecule has 1 fully saturated rings. The van der Waals surface area contributed by atoms with Crippen molar-refractivity contribution in [3.63, 3.8) is 0 Å².